The van der Waals surface area contributed by atoms with Gasteiger partial charge in [0.15, 0.2) is 0 Å². The van der Waals surface area contributed by atoms with E-state index in [-0.39, 0.29) is 17.1 Å². The monoisotopic (exact) mass is 444 g/mol. The molecule has 0 saturated heterocycles. The fourth-order valence-electron chi connectivity index (χ4n) is 3.51. The lowest BCUT2D eigenvalue weighted by molar-refractivity contribution is -0.116. The standard InChI is InChI=1S/C22H28N4O4S/c1-6-11-25-19-9-7-8-10-20(19)26(22(25)28)14-21(27)23-18-13-17(12-15(2)16(18)3)31(29,30)24(4)5/h7-10,12-13H,6,11,14H2,1-5H3,(H,23,27). The molecule has 0 spiro atoms. The molecule has 0 bridgehead atoms. The summed E-state index contributed by atoms with van der Waals surface area (Å²) < 4.78 is 29.3. The number of aromatic nitrogens is 2. The summed E-state index contributed by atoms with van der Waals surface area (Å²) in [5.41, 5.74) is 3.16. The van der Waals surface area contributed by atoms with Crippen LogP contribution >= 0.6 is 0 Å². The van der Waals surface area contributed by atoms with Crippen molar-refractivity contribution in [2.45, 2.75) is 45.2 Å². The summed E-state index contributed by atoms with van der Waals surface area (Å²) >= 11 is 0. The van der Waals surface area contributed by atoms with Crippen LogP contribution in [0.1, 0.15) is 24.5 Å². The Morgan fingerprint density at radius 2 is 1.68 bits per heavy atom. The molecule has 3 aromatic rings. The number of anilines is 1. The third-order valence-electron chi connectivity index (χ3n) is 5.37. The van der Waals surface area contributed by atoms with Gasteiger partial charge in [0.1, 0.15) is 6.54 Å². The number of sulfonamides is 1. The minimum absolute atomic E-state index is 0.104. The van der Waals surface area contributed by atoms with Gasteiger partial charge in [0.25, 0.3) is 0 Å². The summed E-state index contributed by atoms with van der Waals surface area (Å²) in [6.07, 6.45) is 0.797. The first-order chi connectivity index (χ1) is 14.6. The van der Waals surface area contributed by atoms with E-state index in [1.165, 1.54) is 24.7 Å². The largest absolute Gasteiger partial charge is 0.329 e. The number of carbonyl (C=O) groups excluding carboxylic acids is 1. The summed E-state index contributed by atoms with van der Waals surface area (Å²) in [7, 11) is -0.729. The van der Waals surface area contributed by atoms with Crippen LogP contribution in [0.25, 0.3) is 11.0 Å². The number of amides is 1. The van der Waals surface area contributed by atoms with Crippen molar-refractivity contribution in [2.75, 3.05) is 19.4 Å². The Labute approximate surface area is 182 Å². The van der Waals surface area contributed by atoms with E-state index in [0.29, 0.717) is 17.7 Å². The average Bonchev–Trinajstić information content (AvgIpc) is 2.97. The van der Waals surface area contributed by atoms with Crippen LogP contribution in [0.5, 0.6) is 0 Å². The van der Waals surface area contributed by atoms with Crippen molar-refractivity contribution < 1.29 is 13.2 Å². The number of hydrogen-bond acceptors (Lipinski definition) is 4. The molecule has 1 amide bonds. The van der Waals surface area contributed by atoms with Crippen LogP contribution in [0.4, 0.5) is 5.69 Å². The molecule has 8 nitrogen and oxygen atoms in total. The van der Waals surface area contributed by atoms with Gasteiger partial charge in [0, 0.05) is 26.3 Å². The summed E-state index contributed by atoms with van der Waals surface area (Å²) in [5, 5.41) is 2.79. The van der Waals surface area contributed by atoms with Gasteiger partial charge >= 0.3 is 5.69 Å². The Bertz CT molecular complexity index is 1300. The van der Waals surface area contributed by atoms with Gasteiger partial charge in [-0.2, -0.15) is 0 Å². The molecule has 0 aliphatic carbocycles. The first kappa shape index (κ1) is 22.8. The van der Waals surface area contributed by atoms with Crippen LogP contribution in [0.3, 0.4) is 0 Å². The third kappa shape index (κ3) is 4.28. The lowest BCUT2D eigenvalue weighted by Gasteiger charge is -2.16. The second-order valence-corrected chi connectivity index (χ2v) is 9.91. The summed E-state index contributed by atoms with van der Waals surface area (Å²) in [4.78, 5) is 25.9. The van der Waals surface area contributed by atoms with E-state index < -0.39 is 15.9 Å². The number of imidazole rings is 1. The fourth-order valence-corrected chi connectivity index (χ4v) is 4.53. The van der Waals surface area contributed by atoms with Gasteiger partial charge in [-0.1, -0.05) is 19.1 Å². The highest BCUT2D eigenvalue weighted by molar-refractivity contribution is 7.89. The van der Waals surface area contributed by atoms with Crippen molar-refractivity contribution in [1.82, 2.24) is 13.4 Å². The highest BCUT2D eigenvalue weighted by atomic mass is 32.2. The minimum atomic E-state index is -3.65. The second-order valence-electron chi connectivity index (χ2n) is 7.76. The van der Waals surface area contributed by atoms with Crippen LogP contribution in [0, 0.1) is 13.8 Å². The Morgan fingerprint density at radius 1 is 1.06 bits per heavy atom. The topological polar surface area (TPSA) is 93.4 Å². The number of fused-ring (bicyclic) bond motifs is 1. The lowest BCUT2D eigenvalue weighted by atomic mass is 10.1. The molecule has 0 unspecified atom stereocenters. The van der Waals surface area contributed by atoms with Gasteiger partial charge in [-0.05, 0) is 55.7 Å². The summed E-state index contributed by atoms with van der Waals surface area (Å²) in [5.74, 6) is -0.400. The molecule has 1 N–H and O–H groups in total. The molecule has 166 valence electrons. The van der Waals surface area contributed by atoms with Crippen molar-refractivity contribution in [3.8, 4) is 0 Å². The average molecular weight is 445 g/mol. The minimum Gasteiger partial charge on any atom is -0.324 e. The maximum atomic E-state index is 12.9. The van der Waals surface area contributed by atoms with Crippen LogP contribution in [0.2, 0.25) is 0 Å². The molecule has 1 heterocycles. The molecule has 0 aliphatic heterocycles. The van der Waals surface area contributed by atoms with E-state index in [0.717, 1.165) is 27.4 Å². The highest BCUT2D eigenvalue weighted by Crippen LogP contribution is 2.25. The van der Waals surface area contributed by atoms with E-state index in [1.54, 1.807) is 17.6 Å². The molecule has 2 aromatic carbocycles. The number of rotatable bonds is 7. The van der Waals surface area contributed by atoms with E-state index >= 15 is 0 Å². The van der Waals surface area contributed by atoms with Gasteiger partial charge in [-0.3, -0.25) is 13.9 Å². The summed E-state index contributed by atoms with van der Waals surface area (Å²) in [6, 6.07) is 10.4. The van der Waals surface area contributed by atoms with E-state index in [1.807, 2.05) is 38.1 Å². The molecular formula is C22H28N4O4S. The highest BCUT2D eigenvalue weighted by Gasteiger charge is 2.21. The number of benzene rings is 2. The van der Waals surface area contributed by atoms with Gasteiger partial charge in [-0.15, -0.1) is 0 Å². The molecule has 9 heteroatoms. The van der Waals surface area contributed by atoms with Gasteiger partial charge < -0.3 is 5.32 Å². The summed E-state index contributed by atoms with van der Waals surface area (Å²) in [6.45, 7) is 6.00. The van der Waals surface area contributed by atoms with Crippen molar-refractivity contribution >= 4 is 32.7 Å². The maximum absolute atomic E-state index is 12.9. The number of nitrogens with zero attached hydrogens (tertiary/aromatic N) is 3. The van der Waals surface area contributed by atoms with Crippen LogP contribution in [-0.4, -0.2) is 41.9 Å². The quantitative estimate of drug-likeness (QED) is 0.606. The first-order valence-corrected chi connectivity index (χ1v) is 11.5. The van der Waals surface area contributed by atoms with E-state index in [2.05, 4.69) is 5.32 Å². The molecule has 3 rings (SSSR count). The lowest BCUT2D eigenvalue weighted by Crippen LogP contribution is -2.29. The molecule has 0 radical (unpaired) electrons. The predicted octanol–water partition coefficient (Wildman–Crippen LogP) is 2.72. The number of hydrogen-bond donors (Lipinski definition) is 1. The smallest absolute Gasteiger partial charge is 0.324 e. The van der Waals surface area contributed by atoms with Crippen molar-refractivity contribution in [3.63, 3.8) is 0 Å². The van der Waals surface area contributed by atoms with Gasteiger partial charge in [-0.25, -0.2) is 17.5 Å². The first-order valence-electron chi connectivity index (χ1n) is 10.1. The second kappa shape index (κ2) is 8.68. The van der Waals surface area contributed by atoms with E-state index in [4.69, 9.17) is 0 Å². The Balaban J connectivity index is 1.96. The van der Waals surface area contributed by atoms with Gasteiger partial charge in [0.05, 0.1) is 15.9 Å². The molecule has 0 saturated carbocycles. The molecule has 1 aromatic heterocycles. The van der Waals surface area contributed by atoms with Crippen molar-refractivity contribution in [3.05, 3.63) is 58.0 Å². The molecule has 0 fully saturated rings. The Morgan fingerprint density at radius 3 is 2.26 bits per heavy atom. The number of para-hydroxylation sites is 2. The van der Waals surface area contributed by atoms with Crippen molar-refractivity contribution in [1.29, 1.82) is 0 Å². The zero-order valence-electron chi connectivity index (χ0n) is 18.5. The zero-order chi connectivity index (χ0) is 22.9. The van der Waals surface area contributed by atoms with Gasteiger partial charge in [0.2, 0.25) is 15.9 Å². The fraction of sp³-hybridized carbons (Fsp3) is 0.364. The van der Waals surface area contributed by atoms with Crippen LogP contribution < -0.4 is 11.0 Å². The number of carbonyl (C=O) groups is 1. The SMILES string of the molecule is CCCn1c(=O)n(CC(=O)Nc2cc(S(=O)(=O)N(C)C)cc(C)c2C)c2ccccc21. The molecular weight excluding hydrogens is 416 g/mol. The third-order valence-corrected chi connectivity index (χ3v) is 7.16. The molecule has 0 aliphatic rings. The number of nitrogens with one attached hydrogen (secondary N) is 1. The van der Waals surface area contributed by atoms with Crippen LogP contribution in [0.15, 0.2) is 46.1 Å². The normalized spacial score (nSPS) is 11.9. The Kier molecular flexibility index (Phi) is 6.38. The predicted molar refractivity (Wildman–Crippen MR) is 122 cm³/mol. The molecule has 0 atom stereocenters. The number of aryl methyl sites for hydroxylation is 2. The Hall–Kier alpha value is -2.91. The van der Waals surface area contributed by atoms with Crippen molar-refractivity contribution in [2.24, 2.45) is 0 Å². The van der Waals surface area contributed by atoms with E-state index in [9.17, 15) is 18.0 Å². The van der Waals surface area contributed by atoms with Crippen LogP contribution in [-0.2, 0) is 27.9 Å². The molecule has 31 heavy (non-hydrogen) atoms. The maximum Gasteiger partial charge on any atom is 0.329 e. The zero-order valence-corrected chi connectivity index (χ0v) is 19.3.